The molecule has 8 nitrogen and oxygen atoms in total. The average Bonchev–Trinajstić information content (AvgIpc) is 2.36. The van der Waals surface area contributed by atoms with Gasteiger partial charge in [0.1, 0.15) is 5.69 Å². The summed E-state index contributed by atoms with van der Waals surface area (Å²) in [5.41, 5.74) is 4.94. The highest BCUT2D eigenvalue weighted by atomic mass is 16.6. The van der Waals surface area contributed by atoms with Gasteiger partial charge in [-0.1, -0.05) is 12.1 Å². The highest BCUT2D eigenvalue weighted by molar-refractivity contribution is 5.62. The number of anilines is 1. The second-order valence-electron chi connectivity index (χ2n) is 3.84. The Balaban J connectivity index is 2.47. The van der Waals surface area contributed by atoms with Gasteiger partial charge in [-0.05, 0) is 0 Å². The molecule has 0 amide bonds. The first kappa shape index (κ1) is 12.6. The number of aromatic nitrogens is 2. The predicted molar refractivity (Wildman–Crippen MR) is 67.9 cm³/mol. The van der Waals surface area contributed by atoms with Crippen molar-refractivity contribution in [2.75, 3.05) is 5.73 Å². The summed E-state index contributed by atoms with van der Waals surface area (Å²) in [5, 5.41) is 13.1. The molecule has 0 aliphatic rings. The molecule has 0 saturated heterocycles. The van der Waals surface area contributed by atoms with Crippen LogP contribution in [0.5, 0.6) is 0 Å². The van der Waals surface area contributed by atoms with Crippen molar-refractivity contribution in [2.24, 2.45) is 0 Å². The Bertz CT molecular complexity index is 747. The van der Waals surface area contributed by atoms with E-state index in [4.69, 9.17) is 5.73 Å². The molecule has 19 heavy (non-hydrogen) atoms. The summed E-state index contributed by atoms with van der Waals surface area (Å²) in [6.45, 7) is -0.0393. The van der Waals surface area contributed by atoms with Gasteiger partial charge in [0.2, 0.25) is 0 Å². The molecule has 0 aliphatic heterocycles. The lowest BCUT2D eigenvalue weighted by atomic mass is 10.1. The van der Waals surface area contributed by atoms with Crippen LogP contribution in [0.1, 0.15) is 5.56 Å². The lowest BCUT2D eigenvalue weighted by Crippen LogP contribution is -2.28. The number of hydrogen-bond acceptors (Lipinski definition) is 5. The molecule has 2 rings (SSSR count). The largest absolute Gasteiger partial charge is 0.393 e. The zero-order chi connectivity index (χ0) is 14.0. The first-order valence-corrected chi connectivity index (χ1v) is 5.31. The van der Waals surface area contributed by atoms with Crippen molar-refractivity contribution >= 4 is 11.4 Å². The predicted octanol–water partition coefficient (Wildman–Crippen LogP) is 0.0753. The lowest BCUT2D eigenvalue weighted by Gasteiger charge is -2.07. The summed E-state index contributed by atoms with van der Waals surface area (Å²) >= 11 is 0. The van der Waals surface area contributed by atoms with Gasteiger partial charge in [0.25, 0.3) is 16.8 Å². The van der Waals surface area contributed by atoms with E-state index in [-0.39, 0.29) is 17.9 Å². The highest BCUT2D eigenvalue weighted by Gasteiger charge is 2.14. The topological polar surface area (TPSA) is 124 Å². The van der Waals surface area contributed by atoms with E-state index in [0.29, 0.717) is 5.56 Å². The quantitative estimate of drug-likeness (QED) is 0.460. The van der Waals surface area contributed by atoms with Crippen LogP contribution in [0.2, 0.25) is 0 Å². The molecule has 0 aliphatic carbocycles. The Morgan fingerprint density at radius 1 is 1.26 bits per heavy atom. The number of nitrogens with zero attached hydrogens (tertiary/aromatic N) is 2. The number of hydrogen-bond donors (Lipinski definition) is 2. The summed E-state index contributed by atoms with van der Waals surface area (Å²) < 4.78 is 1.04. The maximum absolute atomic E-state index is 11.5. The Morgan fingerprint density at radius 3 is 2.68 bits per heavy atom. The number of H-pyrrole nitrogens is 1. The maximum atomic E-state index is 11.5. The molecular weight excluding hydrogens is 252 g/mol. The van der Waals surface area contributed by atoms with Gasteiger partial charge in [-0.3, -0.25) is 24.8 Å². The van der Waals surface area contributed by atoms with Crippen molar-refractivity contribution in [1.29, 1.82) is 0 Å². The smallest absolute Gasteiger partial charge is 0.292 e. The van der Waals surface area contributed by atoms with E-state index in [0.717, 1.165) is 16.8 Å². The molecule has 0 atom stereocenters. The number of rotatable bonds is 3. The van der Waals surface area contributed by atoms with Crippen LogP contribution in [-0.2, 0) is 6.54 Å². The van der Waals surface area contributed by atoms with Crippen molar-refractivity contribution < 1.29 is 4.92 Å². The van der Waals surface area contributed by atoms with Crippen molar-refractivity contribution in [2.45, 2.75) is 6.54 Å². The van der Waals surface area contributed by atoms with Crippen molar-refractivity contribution in [3.8, 4) is 0 Å². The minimum absolute atomic E-state index is 0.0240. The van der Waals surface area contributed by atoms with E-state index in [1.165, 1.54) is 12.1 Å². The Morgan fingerprint density at radius 2 is 2.00 bits per heavy atom. The van der Waals surface area contributed by atoms with Crippen molar-refractivity contribution in [1.82, 2.24) is 9.78 Å². The molecule has 0 saturated carbocycles. The number of aromatic amines is 1. The molecule has 1 aromatic heterocycles. The molecule has 1 heterocycles. The number of nitrogens with one attached hydrogen (secondary N) is 1. The molecular formula is C11H10N4O4. The molecule has 0 unspecified atom stereocenters. The van der Waals surface area contributed by atoms with E-state index in [2.05, 4.69) is 5.10 Å². The summed E-state index contributed by atoms with van der Waals surface area (Å²) in [6.07, 6.45) is 0. The molecule has 3 N–H and O–H groups in total. The first-order valence-electron chi connectivity index (χ1n) is 5.31. The van der Waals surface area contributed by atoms with Crippen LogP contribution in [0.4, 0.5) is 11.4 Å². The molecule has 98 valence electrons. The number of benzene rings is 1. The molecule has 1 aromatic carbocycles. The third-order valence-electron chi connectivity index (χ3n) is 2.59. The Kier molecular flexibility index (Phi) is 3.15. The van der Waals surface area contributed by atoms with Crippen LogP contribution in [0.25, 0.3) is 0 Å². The Labute approximate surface area is 106 Å². The third-order valence-corrected chi connectivity index (χ3v) is 2.59. The van der Waals surface area contributed by atoms with E-state index < -0.39 is 16.0 Å². The van der Waals surface area contributed by atoms with Crippen LogP contribution in [0, 0.1) is 10.1 Å². The van der Waals surface area contributed by atoms with Gasteiger partial charge in [-0.25, -0.2) is 4.68 Å². The second-order valence-corrected chi connectivity index (χ2v) is 3.84. The number of nitrogen functional groups attached to an aromatic ring is 1. The van der Waals surface area contributed by atoms with Gasteiger partial charge < -0.3 is 5.73 Å². The maximum Gasteiger partial charge on any atom is 0.292 e. The van der Waals surface area contributed by atoms with Crippen LogP contribution in [-0.4, -0.2) is 14.7 Å². The Hall–Kier alpha value is -2.90. The van der Waals surface area contributed by atoms with Crippen LogP contribution in [0.3, 0.4) is 0 Å². The van der Waals surface area contributed by atoms with Crippen LogP contribution < -0.4 is 16.9 Å². The van der Waals surface area contributed by atoms with E-state index in [1.807, 2.05) is 0 Å². The zero-order valence-electron chi connectivity index (χ0n) is 9.70. The average molecular weight is 262 g/mol. The lowest BCUT2D eigenvalue weighted by molar-refractivity contribution is -0.383. The number of nitro groups is 1. The fourth-order valence-corrected chi connectivity index (χ4v) is 1.65. The van der Waals surface area contributed by atoms with Gasteiger partial charge in [-0.15, -0.1) is 0 Å². The normalized spacial score (nSPS) is 10.3. The van der Waals surface area contributed by atoms with Gasteiger partial charge >= 0.3 is 0 Å². The van der Waals surface area contributed by atoms with Crippen molar-refractivity contribution in [3.63, 3.8) is 0 Å². The molecule has 8 heteroatoms. The minimum atomic E-state index is -0.602. The molecule has 2 aromatic rings. The molecule has 0 fully saturated rings. The summed E-state index contributed by atoms with van der Waals surface area (Å²) in [5.74, 6) is 0. The molecule has 0 radical (unpaired) electrons. The minimum Gasteiger partial charge on any atom is -0.393 e. The van der Waals surface area contributed by atoms with Crippen molar-refractivity contribution in [3.05, 3.63) is 66.7 Å². The van der Waals surface area contributed by atoms with Gasteiger partial charge in [0, 0.05) is 23.8 Å². The molecule has 0 spiro atoms. The van der Waals surface area contributed by atoms with Gasteiger partial charge in [0.15, 0.2) is 0 Å². The SMILES string of the molecule is Nc1c(Cn2[nH]c(=O)ccc2=O)cccc1[N+](=O)[O-]. The summed E-state index contributed by atoms with van der Waals surface area (Å²) in [7, 11) is 0. The fourth-order valence-electron chi connectivity index (χ4n) is 1.65. The second kappa shape index (κ2) is 4.77. The van der Waals surface area contributed by atoms with E-state index in [9.17, 15) is 19.7 Å². The standard InChI is InChI=1S/C11H10N4O4/c12-11-7(2-1-3-8(11)15(18)19)6-14-10(17)5-4-9(16)13-14/h1-5H,6,12H2,(H,13,16). The number of nitrogens with two attached hydrogens (primary N) is 1. The highest BCUT2D eigenvalue weighted by Crippen LogP contribution is 2.24. The zero-order valence-corrected chi connectivity index (χ0v) is 9.70. The van der Waals surface area contributed by atoms with E-state index >= 15 is 0 Å². The fraction of sp³-hybridized carbons (Fsp3) is 0.0909. The number of para-hydroxylation sites is 1. The van der Waals surface area contributed by atoms with Gasteiger partial charge in [-0.2, -0.15) is 0 Å². The summed E-state index contributed by atoms with van der Waals surface area (Å²) in [4.78, 5) is 32.8. The first-order chi connectivity index (χ1) is 8.99. The monoisotopic (exact) mass is 262 g/mol. The number of nitro benzene ring substituents is 1. The molecule has 0 bridgehead atoms. The van der Waals surface area contributed by atoms with Crippen LogP contribution in [0.15, 0.2) is 39.9 Å². The van der Waals surface area contributed by atoms with E-state index in [1.54, 1.807) is 6.07 Å². The van der Waals surface area contributed by atoms with Crippen LogP contribution >= 0.6 is 0 Å². The summed E-state index contributed by atoms with van der Waals surface area (Å²) in [6, 6.07) is 6.52. The third kappa shape index (κ3) is 2.51. The van der Waals surface area contributed by atoms with Gasteiger partial charge in [0.05, 0.1) is 11.5 Å².